The van der Waals surface area contributed by atoms with Gasteiger partial charge >= 0.3 is 0 Å². The van der Waals surface area contributed by atoms with Crippen molar-refractivity contribution in [2.24, 2.45) is 0 Å². The van der Waals surface area contributed by atoms with Crippen molar-refractivity contribution in [3.8, 4) is 11.6 Å². The van der Waals surface area contributed by atoms with Gasteiger partial charge < -0.3 is 14.4 Å². The smallest absolute Gasteiger partial charge is 0.260 e. The Labute approximate surface area is 172 Å². The van der Waals surface area contributed by atoms with Crippen LogP contribution in [0.4, 0.5) is 0 Å². The Morgan fingerprint density at radius 1 is 1.07 bits per heavy atom. The number of likely N-dealkylation sites (tertiary alicyclic amines) is 1. The highest BCUT2D eigenvalue weighted by molar-refractivity contribution is 9.10. The number of halogens is 1. The van der Waals surface area contributed by atoms with Crippen LogP contribution >= 0.6 is 15.9 Å². The molecule has 0 spiro atoms. The molecular weight excluding hydrogens is 420 g/mol. The summed E-state index contributed by atoms with van der Waals surface area (Å²) in [7, 11) is 0. The molecule has 3 aromatic rings. The summed E-state index contributed by atoms with van der Waals surface area (Å²) in [5, 5.41) is 2.26. The molecule has 1 fully saturated rings. The molecule has 1 aliphatic heterocycles. The van der Waals surface area contributed by atoms with Crippen molar-refractivity contribution in [2.75, 3.05) is 19.7 Å². The molecule has 0 radical (unpaired) electrons. The van der Waals surface area contributed by atoms with Gasteiger partial charge in [-0.25, -0.2) is 4.98 Å². The number of fused-ring (bicyclic) bond motifs is 1. The summed E-state index contributed by atoms with van der Waals surface area (Å²) < 4.78 is 12.5. The van der Waals surface area contributed by atoms with Crippen molar-refractivity contribution in [3.63, 3.8) is 0 Å². The normalized spacial score (nSPS) is 14.8. The average Bonchev–Trinajstić information content (AvgIpc) is 2.74. The zero-order valence-corrected chi connectivity index (χ0v) is 17.0. The van der Waals surface area contributed by atoms with E-state index >= 15 is 0 Å². The second-order valence-electron chi connectivity index (χ2n) is 6.79. The SMILES string of the molecule is O=C(COc1ccc2ccccc2c1)N1CCC(Oc2ncccc2Br)CC1. The summed E-state index contributed by atoms with van der Waals surface area (Å²) in [5.41, 5.74) is 0. The first kappa shape index (κ1) is 18.7. The van der Waals surface area contributed by atoms with Crippen LogP contribution in [0.2, 0.25) is 0 Å². The molecule has 0 aliphatic carbocycles. The first-order valence-electron chi connectivity index (χ1n) is 9.35. The first-order chi connectivity index (χ1) is 13.7. The fraction of sp³-hybridized carbons (Fsp3) is 0.273. The van der Waals surface area contributed by atoms with E-state index in [-0.39, 0.29) is 18.6 Å². The molecule has 5 nitrogen and oxygen atoms in total. The summed E-state index contributed by atoms with van der Waals surface area (Å²) in [6.45, 7) is 1.37. The van der Waals surface area contributed by atoms with E-state index in [4.69, 9.17) is 9.47 Å². The maximum Gasteiger partial charge on any atom is 0.260 e. The number of ether oxygens (including phenoxy) is 2. The number of piperidine rings is 1. The molecule has 6 heteroatoms. The highest BCUT2D eigenvalue weighted by Gasteiger charge is 2.25. The molecule has 2 aromatic carbocycles. The van der Waals surface area contributed by atoms with Gasteiger partial charge in [0.05, 0.1) is 4.47 Å². The lowest BCUT2D eigenvalue weighted by molar-refractivity contribution is -0.135. The van der Waals surface area contributed by atoms with Crippen LogP contribution in [0.15, 0.2) is 65.3 Å². The number of carbonyl (C=O) groups is 1. The van der Waals surface area contributed by atoms with E-state index in [1.165, 1.54) is 0 Å². The van der Waals surface area contributed by atoms with Crippen molar-refractivity contribution in [1.29, 1.82) is 0 Å². The molecule has 0 unspecified atom stereocenters. The molecule has 0 saturated carbocycles. The number of hydrogen-bond donors (Lipinski definition) is 0. The molecule has 28 heavy (non-hydrogen) atoms. The van der Waals surface area contributed by atoms with Gasteiger partial charge in [0.1, 0.15) is 11.9 Å². The highest BCUT2D eigenvalue weighted by atomic mass is 79.9. The molecule has 144 valence electrons. The topological polar surface area (TPSA) is 51.7 Å². The van der Waals surface area contributed by atoms with Crippen LogP contribution in [0, 0.1) is 0 Å². The highest BCUT2D eigenvalue weighted by Crippen LogP contribution is 2.25. The number of hydrogen-bond acceptors (Lipinski definition) is 4. The Kier molecular flexibility index (Phi) is 5.76. The van der Waals surface area contributed by atoms with E-state index in [0.29, 0.717) is 24.7 Å². The Morgan fingerprint density at radius 2 is 1.86 bits per heavy atom. The lowest BCUT2D eigenvalue weighted by atomic mass is 10.1. The van der Waals surface area contributed by atoms with Crippen LogP contribution in [0.25, 0.3) is 10.8 Å². The van der Waals surface area contributed by atoms with E-state index in [1.54, 1.807) is 6.20 Å². The average molecular weight is 441 g/mol. The minimum absolute atomic E-state index is 0.00521. The molecule has 1 saturated heterocycles. The van der Waals surface area contributed by atoms with Crippen molar-refractivity contribution in [2.45, 2.75) is 18.9 Å². The molecule has 2 heterocycles. The maximum atomic E-state index is 12.5. The van der Waals surface area contributed by atoms with Crippen LogP contribution in [0.3, 0.4) is 0 Å². The molecule has 4 rings (SSSR count). The van der Waals surface area contributed by atoms with Gasteiger partial charge in [0, 0.05) is 32.1 Å². The van der Waals surface area contributed by atoms with Gasteiger partial charge in [-0.15, -0.1) is 0 Å². The van der Waals surface area contributed by atoms with Crippen molar-refractivity contribution in [1.82, 2.24) is 9.88 Å². The van der Waals surface area contributed by atoms with Gasteiger partial charge in [-0.1, -0.05) is 30.3 Å². The van der Waals surface area contributed by atoms with E-state index in [1.807, 2.05) is 53.4 Å². The number of amides is 1. The van der Waals surface area contributed by atoms with Gasteiger partial charge in [0.25, 0.3) is 5.91 Å². The fourth-order valence-corrected chi connectivity index (χ4v) is 3.68. The molecule has 1 amide bonds. The number of nitrogens with zero attached hydrogens (tertiary/aromatic N) is 2. The largest absolute Gasteiger partial charge is 0.484 e. The summed E-state index contributed by atoms with van der Waals surface area (Å²) >= 11 is 3.45. The van der Waals surface area contributed by atoms with Crippen molar-refractivity contribution >= 4 is 32.6 Å². The van der Waals surface area contributed by atoms with E-state index < -0.39 is 0 Å². The zero-order chi connectivity index (χ0) is 19.3. The second kappa shape index (κ2) is 8.61. The second-order valence-corrected chi connectivity index (χ2v) is 7.64. The van der Waals surface area contributed by atoms with Crippen LogP contribution in [0.1, 0.15) is 12.8 Å². The summed E-state index contributed by atoms with van der Waals surface area (Å²) in [4.78, 5) is 18.6. The Morgan fingerprint density at radius 3 is 2.64 bits per heavy atom. The third-order valence-electron chi connectivity index (χ3n) is 4.88. The lowest BCUT2D eigenvalue weighted by Crippen LogP contribution is -2.43. The fourth-order valence-electron chi connectivity index (χ4n) is 3.33. The number of rotatable bonds is 5. The maximum absolute atomic E-state index is 12.5. The van der Waals surface area contributed by atoms with Crippen LogP contribution < -0.4 is 9.47 Å². The predicted octanol–water partition coefficient (Wildman–Crippen LogP) is 4.45. The Balaban J connectivity index is 1.27. The standard InChI is InChI=1S/C22H21BrN2O3/c23-20-6-3-11-24-22(20)28-18-9-12-25(13-10-18)21(26)15-27-19-8-7-16-4-1-2-5-17(16)14-19/h1-8,11,14,18H,9-10,12-13,15H2. The third kappa shape index (κ3) is 4.44. The van der Waals surface area contributed by atoms with E-state index in [0.717, 1.165) is 28.1 Å². The van der Waals surface area contributed by atoms with Gasteiger partial charge in [0.2, 0.25) is 5.88 Å². The van der Waals surface area contributed by atoms with E-state index in [2.05, 4.69) is 27.0 Å². The van der Waals surface area contributed by atoms with E-state index in [9.17, 15) is 4.79 Å². The quantitative estimate of drug-likeness (QED) is 0.587. The molecular formula is C22H21BrN2O3. The Bertz CT molecular complexity index is 971. The lowest BCUT2D eigenvalue weighted by Gasteiger charge is -2.32. The Hall–Kier alpha value is -2.60. The van der Waals surface area contributed by atoms with Gasteiger partial charge in [0.15, 0.2) is 6.61 Å². The number of carbonyl (C=O) groups excluding carboxylic acids is 1. The zero-order valence-electron chi connectivity index (χ0n) is 15.4. The van der Waals surface area contributed by atoms with Crippen LogP contribution in [0.5, 0.6) is 11.6 Å². The minimum Gasteiger partial charge on any atom is -0.484 e. The van der Waals surface area contributed by atoms with Crippen LogP contribution in [-0.4, -0.2) is 41.6 Å². The number of pyridine rings is 1. The molecule has 1 aromatic heterocycles. The first-order valence-corrected chi connectivity index (χ1v) is 10.1. The van der Waals surface area contributed by atoms with Gasteiger partial charge in [-0.2, -0.15) is 0 Å². The van der Waals surface area contributed by atoms with Crippen molar-refractivity contribution < 1.29 is 14.3 Å². The monoisotopic (exact) mass is 440 g/mol. The predicted molar refractivity (Wildman–Crippen MR) is 112 cm³/mol. The summed E-state index contributed by atoms with van der Waals surface area (Å²) in [6.07, 6.45) is 3.34. The molecule has 1 aliphatic rings. The summed E-state index contributed by atoms with van der Waals surface area (Å²) in [6, 6.07) is 17.7. The van der Waals surface area contributed by atoms with Crippen LogP contribution in [-0.2, 0) is 4.79 Å². The minimum atomic E-state index is 0.00521. The number of aromatic nitrogens is 1. The van der Waals surface area contributed by atoms with Gasteiger partial charge in [-0.05, 0) is 51.0 Å². The summed E-state index contributed by atoms with van der Waals surface area (Å²) in [5.74, 6) is 1.32. The molecule has 0 bridgehead atoms. The molecule has 0 N–H and O–H groups in total. The third-order valence-corrected chi connectivity index (χ3v) is 5.48. The number of benzene rings is 2. The van der Waals surface area contributed by atoms with Gasteiger partial charge in [-0.3, -0.25) is 4.79 Å². The van der Waals surface area contributed by atoms with Crippen molar-refractivity contribution in [3.05, 3.63) is 65.3 Å². The molecule has 0 atom stereocenters.